The Bertz CT molecular complexity index is 1270. The highest BCUT2D eigenvalue weighted by Crippen LogP contribution is 2.59. The molecule has 0 spiro atoms. The van der Waals surface area contributed by atoms with Crippen molar-refractivity contribution in [3.63, 3.8) is 0 Å². The first-order valence-electron chi connectivity index (χ1n) is 11.2. The molecular weight excluding hydrogens is 430 g/mol. The quantitative estimate of drug-likeness (QED) is 0.358. The standard InChI is InChI=1S/C29H22ClNO2/c1-17-12-13-20(30)16-23(17)31-28(32)26-21-14-15-22(27(26)29(31)33)25(21)24(18-8-4-2-5-9-18)19-10-6-3-7-11-19/h2-16,21-22,26-27H,1H3/t21-,22+,26+,27-. The highest BCUT2D eigenvalue weighted by atomic mass is 35.5. The van der Waals surface area contributed by atoms with Crippen LogP contribution < -0.4 is 4.90 Å². The van der Waals surface area contributed by atoms with E-state index >= 15 is 0 Å². The van der Waals surface area contributed by atoms with Crippen molar-refractivity contribution in [2.24, 2.45) is 23.7 Å². The zero-order chi connectivity index (χ0) is 22.7. The lowest BCUT2D eigenvalue weighted by Gasteiger charge is -2.22. The van der Waals surface area contributed by atoms with Crippen LogP contribution in [0.25, 0.3) is 5.57 Å². The Labute approximate surface area is 198 Å². The molecule has 1 saturated carbocycles. The number of benzene rings is 3. The van der Waals surface area contributed by atoms with Crippen molar-refractivity contribution >= 4 is 34.7 Å². The second-order valence-electron chi connectivity index (χ2n) is 8.99. The highest BCUT2D eigenvalue weighted by molar-refractivity contribution is 6.31. The summed E-state index contributed by atoms with van der Waals surface area (Å²) in [6, 6.07) is 25.9. The van der Waals surface area contributed by atoms with Crippen LogP contribution in [0.5, 0.6) is 0 Å². The summed E-state index contributed by atoms with van der Waals surface area (Å²) in [7, 11) is 0. The molecule has 0 radical (unpaired) electrons. The fraction of sp³-hybridized carbons (Fsp3) is 0.172. The average molecular weight is 452 g/mol. The molecule has 3 aromatic carbocycles. The maximum atomic E-state index is 13.7. The van der Waals surface area contributed by atoms with Crippen molar-refractivity contribution in [1.29, 1.82) is 0 Å². The van der Waals surface area contributed by atoms with Crippen LogP contribution in [0.15, 0.2) is 96.6 Å². The van der Waals surface area contributed by atoms with Gasteiger partial charge in [-0.25, -0.2) is 4.90 Å². The first-order valence-corrected chi connectivity index (χ1v) is 11.6. The van der Waals surface area contributed by atoms with Gasteiger partial charge in [0.15, 0.2) is 0 Å². The number of aryl methyl sites for hydroxylation is 1. The van der Waals surface area contributed by atoms with E-state index in [1.54, 1.807) is 12.1 Å². The minimum absolute atomic E-state index is 0.0867. The van der Waals surface area contributed by atoms with Crippen molar-refractivity contribution in [3.05, 3.63) is 118 Å². The number of hydrogen-bond acceptors (Lipinski definition) is 2. The number of nitrogens with zero attached hydrogens (tertiary/aromatic N) is 1. The molecule has 2 fully saturated rings. The van der Waals surface area contributed by atoms with Gasteiger partial charge in [-0.2, -0.15) is 0 Å². The van der Waals surface area contributed by atoms with E-state index in [0.29, 0.717) is 10.7 Å². The van der Waals surface area contributed by atoms with Gasteiger partial charge in [-0.15, -0.1) is 0 Å². The number of carbonyl (C=O) groups excluding carboxylic acids is 2. The molecule has 6 rings (SSSR count). The molecule has 162 valence electrons. The number of imide groups is 1. The molecule has 1 aliphatic heterocycles. The topological polar surface area (TPSA) is 37.4 Å². The van der Waals surface area contributed by atoms with Crippen LogP contribution in [0, 0.1) is 30.6 Å². The molecule has 2 bridgehead atoms. The van der Waals surface area contributed by atoms with Gasteiger partial charge in [0, 0.05) is 16.9 Å². The van der Waals surface area contributed by atoms with Gasteiger partial charge in [0.25, 0.3) is 0 Å². The van der Waals surface area contributed by atoms with E-state index in [2.05, 4.69) is 36.4 Å². The van der Waals surface area contributed by atoms with Gasteiger partial charge in [-0.05, 0) is 46.9 Å². The van der Waals surface area contributed by atoms with Crippen LogP contribution in [-0.4, -0.2) is 11.8 Å². The molecule has 1 heterocycles. The van der Waals surface area contributed by atoms with E-state index in [1.807, 2.05) is 49.4 Å². The minimum atomic E-state index is -0.372. The Morgan fingerprint density at radius 3 is 1.79 bits per heavy atom. The number of fused-ring (bicyclic) bond motifs is 5. The molecule has 2 amide bonds. The van der Waals surface area contributed by atoms with E-state index in [9.17, 15) is 9.59 Å². The molecule has 4 heteroatoms. The maximum Gasteiger partial charge on any atom is 0.238 e. The summed E-state index contributed by atoms with van der Waals surface area (Å²) in [5, 5.41) is 0.519. The summed E-state index contributed by atoms with van der Waals surface area (Å²) in [6.45, 7) is 1.90. The largest absolute Gasteiger partial charge is 0.274 e. The van der Waals surface area contributed by atoms with Gasteiger partial charge in [-0.1, -0.05) is 90.5 Å². The predicted octanol–water partition coefficient (Wildman–Crippen LogP) is 6.07. The minimum Gasteiger partial charge on any atom is -0.274 e. The van der Waals surface area contributed by atoms with E-state index in [0.717, 1.165) is 22.3 Å². The van der Waals surface area contributed by atoms with Crippen LogP contribution >= 0.6 is 11.6 Å². The maximum absolute atomic E-state index is 13.7. The van der Waals surface area contributed by atoms with Crippen molar-refractivity contribution < 1.29 is 9.59 Å². The number of carbonyl (C=O) groups is 2. The molecule has 33 heavy (non-hydrogen) atoms. The number of halogens is 1. The van der Waals surface area contributed by atoms with Crippen LogP contribution in [0.3, 0.4) is 0 Å². The predicted molar refractivity (Wildman–Crippen MR) is 131 cm³/mol. The normalized spacial score (nSPS) is 25.2. The highest BCUT2D eigenvalue weighted by Gasteiger charge is 2.62. The second kappa shape index (κ2) is 7.57. The SMILES string of the molecule is Cc1ccc(Cl)cc1N1C(=O)[C@@H]2[C@H](C1=O)[C@H]1C=C[C@@H]2C1=C(c1ccccc1)c1ccccc1. The summed E-state index contributed by atoms with van der Waals surface area (Å²) >= 11 is 6.21. The fourth-order valence-electron chi connectivity index (χ4n) is 5.87. The van der Waals surface area contributed by atoms with E-state index in [4.69, 9.17) is 11.6 Å². The van der Waals surface area contributed by atoms with Gasteiger partial charge in [0.05, 0.1) is 17.5 Å². The monoisotopic (exact) mass is 451 g/mol. The first-order chi connectivity index (χ1) is 16.1. The first kappa shape index (κ1) is 20.2. The third-order valence-corrected chi connectivity index (χ3v) is 7.48. The smallest absolute Gasteiger partial charge is 0.238 e. The number of rotatable bonds is 3. The number of allylic oxidation sites excluding steroid dienone is 3. The number of amides is 2. The van der Waals surface area contributed by atoms with Gasteiger partial charge in [0.2, 0.25) is 11.8 Å². The van der Waals surface area contributed by atoms with Gasteiger partial charge in [0.1, 0.15) is 0 Å². The molecule has 3 nitrogen and oxygen atoms in total. The third kappa shape index (κ3) is 2.96. The second-order valence-corrected chi connectivity index (χ2v) is 9.43. The van der Waals surface area contributed by atoms with E-state index < -0.39 is 0 Å². The molecule has 3 aliphatic rings. The van der Waals surface area contributed by atoms with Gasteiger partial charge >= 0.3 is 0 Å². The Balaban J connectivity index is 1.50. The fourth-order valence-corrected chi connectivity index (χ4v) is 6.03. The lowest BCUT2D eigenvalue weighted by Crippen LogP contribution is -2.33. The third-order valence-electron chi connectivity index (χ3n) is 7.24. The zero-order valence-electron chi connectivity index (χ0n) is 18.1. The van der Waals surface area contributed by atoms with Crippen molar-refractivity contribution in [2.75, 3.05) is 4.90 Å². The molecule has 0 unspecified atom stereocenters. The zero-order valence-corrected chi connectivity index (χ0v) is 18.9. The molecule has 1 saturated heterocycles. The number of hydrogen-bond donors (Lipinski definition) is 0. The van der Waals surface area contributed by atoms with Crippen molar-refractivity contribution in [3.8, 4) is 0 Å². The summed E-state index contributed by atoms with van der Waals surface area (Å²) < 4.78 is 0. The van der Waals surface area contributed by atoms with Gasteiger partial charge in [-0.3, -0.25) is 9.59 Å². The van der Waals surface area contributed by atoms with Crippen LogP contribution in [0.4, 0.5) is 5.69 Å². The molecule has 3 aromatic rings. The summed E-state index contributed by atoms with van der Waals surface area (Å²) in [6.07, 6.45) is 4.26. The van der Waals surface area contributed by atoms with Gasteiger partial charge < -0.3 is 0 Å². The molecule has 0 aromatic heterocycles. The lowest BCUT2D eigenvalue weighted by molar-refractivity contribution is -0.122. The van der Waals surface area contributed by atoms with E-state index in [1.165, 1.54) is 10.5 Å². The van der Waals surface area contributed by atoms with Crippen molar-refractivity contribution in [2.45, 2.75) is 6.92 Å². The van der Waals surface area contributed by atoms with Crippen LogP contribution in [0.2, 0.25) is 5.02 Å². The number of anilines is 1. The lowest BCUT2D eigenvalue weighted by atomic mass is 9.85. The Morgan fingerprint density at radius 1 is 0.758 bits per heavy atom. The van der Waals surface area contributed by atoms with Crippen molar-refractivity contribution in [1.82, 2.24) is 0 Å². The molecule has 4 atom stereocenters. The Morgan fingerprint density at radius 2 is 1.27 bits per heavy atom. The summed E-state index contributed by atoms with van der Waals surface area (Å²) in [5.74, 6) is -1.16. The average Bonchev–Trinajstić information content (AvgIpc) is 3.47. The molecule has 0 N–H and O–H groups in total. The summed E-state index contributed by atoms with van der Waals surface area (Å²) in [4.78, 5) is 28.8. The van der Waals surface area contributed by atoms with E-state index in [-0.39, 0.29) is 35.5 Å². The summed E-state index contributed by atoms with van der Waals surface area (Å²) in [5.41, 5.74) is 6.01. The molecular formula is C29H22ClNO2. The molecule has 2 aliphatic carbocycles. The van der Waals surface area contributed by atoms with Crippen LogP contribution in [0.1, 0.15) is 16.7 Å². The Hall–Kier alpha value is -3.43. The Kier molecular flexibility index (Phi) is 4.63. The van der Waals surface area contributed by atoms with Crippen LogP contribution in [-0.2, 0) is 9.59 Å².